The molecule has 2 N–H and O–H groups in total. The average molecular weight is 293 g/mol. The van der Waals surface area contributed by atoms with Gasteiger partial charge in [-0.25, -0.2) is 9.37 Å². The van der Waals surface area contributed by atoms with Crippen molar-refractivity contribution in [1.29, 1.82) is 0 Å². The van der Waals surface area contributed by atoms with E-state index in [0.717, 1.165) is 5.56 Å². The van der Waals surface area contributed by atoms with Crippen molar-refractivity contribution in [1.82, 2.24) is 9.88 Å². The zero-order chi connectivity index (χ0) is 14.7. The van der Waals surface area contributed by atoms with Crippen LogP contribution >= 0.6 is 11.3 Å². The smallest absolute Gasteiger partial charge is 0.266 e. The average Bonchev–Trinajstić information content (AvgIpc) is 2.74. The van der Waals surface area contributed by atoms with Gasteiger partial charge in [-0.15, -0.1) is 0 Å². The van der Waals surface area contributed by atoms with Gasteiger partial charge in [0.1, 0.15) is 10.7 Å². The molecule has 106 valence electrons. The van der Waals surface area contributed by atoms with Crippen molar-refractivity contribution in [3.8, 4) is 0 Å². The standard InChI is InChI=1S/C14H16FN3OS/c1-3-18(8-10-5-4-6-11(15)7-10)13(19)12-9(2)17-14(16)20-12/h4-7H,3,8H2,1-2H3,(H2,16,17). The number of benzene rings is 1. The van der Waals surface area contributed by atoms with E-state index in [1.54, 1.807) is 24.0 Å². The molecule has 20 heavy (non-hydrogen) atoms. The van der Waals surface area contributed by atoms with E-state index in [-0.39, 0.29) is 11.7 Å². The molecule has 0 fully saturated rings. The quantitative estimate of drug-likeness (QED) is 0.943. The van der Waals surface area contributed by atoms with Crippen LogP contribution in [-0.4, -0.2) is 22.3 Å². The normalized spacial score (nSPS) is 10.6. The Kier molecular flexibility index (Phi) is 4.34. The third kappa shape index (κ3) is 3.14. The van der Waals surface area contributed by atoms with E-state index in [1.807, 2.05) is 6.92 Å². The summed E-state index contributed by atoms with van der Waals surface area (Å²) in [6.45, 7) is 4.55. The highest BCUT2D eigenvalue weighted by Gasteiger charge is 2.20. The number of amides is 1. The van der Waals surface area contributed by atoms with Crippen molar-refractivity contribution in [3.63, 3.8) is 0 Å². The lowest BCUT2D eigenvalue weighted by Crippen LogP contribution is -2.30. The summed E-state index contributed by atoms with van der Waals surface area (Å²) in [6.07, 6.45) is 0. The summed E-state index contributed by atoms with van der Waals surface area (Å²) in [5.74, 6) is -0.423. The van der Waals surface area contributed by atoms with Crippen LogP contribution in [0.5, 0.6) is 0 Å². The summed E-state index contributed by atoms with van der Waals surface area (Å²) >= 11 is 1.18. The van der Waals surface area contributed by atoms with Gasteiger partial charge in [0.25, 0.3) is 5.91 Å². The minimum absolute atomic E-state index is 0.122. The molecule has 1 amide bonds. The lowest BCUT2D eigenvalue weighted by atomic mass is 10.2. The van der Waals surface area contributed by atoms with Gasteiger partial charge in [-0.1, -0.05) is 23.5 Å². The summed E-state index contributed by atoms with van der Waals surface area (Å²) in [7, 11) is 0. The molecular weight excluding hydrogens is 277 g/mol. The maximum atomic E-state index is 13.2. The maximum Gasteiger partial charge on any atom is 0.266 e. The molecule has 0 unspecified atom stereocenters. The molecule has 0 atom stereocenters. The van der Waals surface area contributed by atoms with Crippen LogP contribution in [0.2, 0.25) is 0 Å². The Balaban J connectivity index is 2.20. The number of nitrogens with zero attached hydrogens (tertiary/aromatic N) is 2. The minimum atomic E-state index is -0.302. The van der Waals surface area contributed by atoms with Gasteiger partial charge in [0, 0.05) is 13.1 Å². The lowest BCUT2D eigenvalue weighted by Gasteiger charge is -2.20. The van der Waals surface area contributed by atoms with Crippen molar-refractivity contribution < 1.29 is 9.18 Å². The van der Waals surface area contributed by atoms with Gasteiger partial charge in [0.15, 0.2) is 5.13 Å². The largest absolute Gasteiger partial charge is 0.375 e. The number of aromatic nitrogens is 1. The first kappa shape index (κ1) is 14.5. The second kappa shape index (κ2) is 6.00. The second-order valence-electron chi connectivity index (χ2n) is 4.42. The molecule has 0 aliphatic rings. The Morgan fingerprint density at radius 1 is 1.50 bits per heavy atom. The molecule has 1 aromatic carbocycles. The molecule has 0 saturated heterocycles. The fourth-order valence-corrected chi connectivity index (χ4v) is 2.74. The van der Waals surface area contributed by atoms with E-state index in [1.165, 1.54) is 23.5 Å². The number of carbonyl (C=O) groups is 1. The van der Waals surface area contributed by atoms with E-state index in [9.17, 15) is 9.18 Å². The lowest BCUT2D eigenvalue weighted by molar-refractivity contribution is 0.0756. The summed E-state index contributed by atoms with van der Waals surface area (Å²) < 4.78 is 13.2. The Labute approximate surface area is 121 Å². The Bertz CT molecular complexity index is 627. The summed E-state index contributed by atoms with van der Waals surface area (Å²) in [4.78, 5) is 18.7. The Morgan fingerprint density at radius 3 is 2.80 bits per heavy atom. The number of aryl methyl sites for hydroxylation is 1. The van der Waals surface area contributed by atoms with Crippen LogP contribution in [0.15, 0.2) is 24.3 Å². The molecule has 2 rings (SSSR count). The van der Waals surface area contributed by atoms with Crippen LogP contribution in [0.4, 0.5) is 9.52 Å². The topological polar surface area (TPSA) is 59.2 Å². The van der Waals surface area contributed by atoms with Crippen LogP contribution in [0.25, 0.3) is 0 Å². The van der Waals surface area contributed by atoms with Gasteiger partial charge >= 0.3 is 0 Å². The van der Waals surface area contributed by atoms with Gasteiger partial charge in [-0.3, -0.25) is 4.79 Å². The molecule has 0 bridgehead atoms. The number of rotatable bonds is 4. The van der Waals surface area contributed by atoms with Crippen molar-refractivity contribution in [2.24, 2.45) is 0 Å². The molecule has 0 saturated carbocycles. The van der Waals surface area contributed by atoms with E-state index in [2.05, 4.69) is 4.98 Å². The molecule has 0 aliphatic heterocycles. The molecular formula is C14H16FN3OS. The molecule has 0 radical (unpaired) electrons. The molecule has 1 heterocycles. The van der Waals surface area contributed by atoms with E-state index >= 15 is 0 Å². The molecule has 0 aliphatic carbocycles. The predicted octanol–water partition coefficient (Wildman–Crippen LogP) is 2.84. The van der Waals surface area contributed by atoms with Crippen LogP contribution in [0.3, 0.4) is 0 Å². The SMILES string of the molecule is CCN(Cc1cccc(F)c1)C(=O)c1sc(N)nc1C. The number of hydrogen-bond donors (Lipinski definition) is 1. The molecule has 4 nitrogen and oxygen atoms in total. The summed E-state index contributed by atoms with van der Waals surface area (Å²) in [5, 5.41) is 0.382. The van der Waals surface area contributed by atoms with Crippen molar-refractivity contribution in [2.75, 3.05) is 12.3 Å². The van der Waals surface area contributed by atoms with Crippen LogP contribution < -0.4 is 5.73 Å². The van der Waals surface area contributed by atoms with E-state index in [0.29, 0.717) is 28.8 Å². The third-order valence-electron chi connectivity index (χ3n) is 2.94. The molecule has 0 spiro atoms. The molecule has 1 aromatic heterocycles. The zero-order valence-corrected chi connectivity index (χ0v) is 12.2. The Hall–Kier alpha value is -1.95. The van der Waals surface area contributed by atoms with Gasteiger partial charge in [0.2, 0.25) is 0 Å². The fraction of sp³-hybridized carbons (Fsp3) is 0.286. The second-order valence-corrected chi connectivity index (χ2v) is 5.45. The van der Waals surface area contributed by atoms with Crippen molar-refractivity contribution >= 4 is 22.4 Å². The number of thiazole rings is 1. The van der Waals surface area contributed by atoms with Crippen LogP contribution in [-0.2, 0) is 6.54 Å². The van der Waals surface area contributed by atoms with Crippen LogP contribution in [0.1, 0.15) is 27.9 Å². The highest BCUT2D eigenvalue weighted by Crippen LogP contribution is 2.22. The first-order valence-electron chi connectivity index (χ1n) is 6.28. The number of hydrogen-bond acceptors (Lipinski definition) is 4. The van der Waals surface area contributed by atoms with E-state index in [4.69, 9.17) is 5.73 Å². The maximum absolute atomic E-state index is 13.2. The molecule has 2 aromatic rings. The first-order valence-corrected chi connectivity index (χ1v) is 7.09. The number of nitrogens with two attached hydrogens (primary N) is 1. The number of carbonyl (C=O) groups excluding carboxylic acids is 1. The van der Waals surface area contributed by atoms with Crippen molar-refractivity contribution in [3.05, 3.63) is 46.2 Å². The third-order valence-corrected chi connectivity index (χ3v) is 3.91. The first-order chi connectivity index (χ1) is 9.51. The van der Waals surface area contributed by atoms with Gasteiger partial charge in [-0.2, -0.15) is 0 Å². The number of anilines is 1. The number of halogens is 1. The van der Waals surface area contributed by atoms with Gasteiger partial charge in [0.05, 0.1) is 5.69 Å². The summed E-state index contributed by atoms with van der Waals surface area (Å²) in [5.41, 5.74) is 7.01. The van der Waals surface area contributed by atoms with Crippen molar-refractivity contribution in [2.45, 2.75) is 20.4 Å². The van der Waals surface area contributed by atoms with Gasteiger partial charge < -0.3 is 10.6 Å². The van der Waals surface area contributed by atoms with Crippen LogP contribution in [0, 0.1) is 12.7 Å². The highest BCUT2D eigenvalue weighted by molar-refractivity contribution is 7.17. The minimum Gasteiger partial charge on any atom is -0.375 e. The van der Waals surface area contributed by atoms with Gasteiger partial charge in [-0.05, 0) is 31.5 Å². The number of nitrogen functional groups attached to an aromatic ring is 1. The highest BCUT2D eigenvalue weighted by atomic mass is 32.1. The Morgan fingerprint density at radius 2 is 2.25 bits per heavy atom. The monoisotopic (exact) mass is 293 g/mol. The zero-order valence-electron chi connectivity index (χ0n) is 11.4. The van der Waals surface area contributed by atoms with E-state index < -0.39 is 0 Å². The summed E-state index contributed by atoms with van der Waals surface area (Å²) in [6, 6.07) is 6.26. The molecule has 6 heteroatoms. The fourth-order valence-electron chi connectivity index (χ4n) is 1.94. The predicted molar refractivity (Wildman–Crippen MR) is 78.1 cm³/mol.